The predicted molar refractivity (Wildman–Crippen MR) is 119 cm³/mol. The number of piperazine rings is 2. The van der Waals surface area contributed by atoms with Gasteiger partial charge < -0.3 is 15.1 Å². The number of carbonyl (C=O) groups excluding carboxylic acids is 2. The number of anilines is 1. The summed E-state index contributed by atoms with van der Waals surface area (Å²) in [6.45, 7) is 10.5. The summed E-state index contributed by atoms with van der Waals surface area (Å²) in [5.74, 6) is 0.254. The van der Waals surface area contributed by atoms with Crippen molar-refractivity contribution in [3.8, 4) is 0 Å². The molecule has 1 saturated carbocycles. The fraction of sp³-hybridized carbons (Fsp3) is 0.652. The largest absolute Gasteiger partial charge is 0.369 e. The van der Waals surface area contributed by atoms with Crippen molar-refractivity contribution in [2.24, 2.45) is 0 Å². The van der Waals surface area contributed by atoms with E-state index in [1.807, 2.05) is 31.2 Å². The van der Waals surface area contributed by atoms with Crippen molar-refractivity contribution in [3.63, 3.8) is 0 Å². The maximum Gasteiger partial charge on any atom is 0.251 e. The highest BCUT2D eigenvalue weighted by Crippen LogP contribution is 2.25. The van der Waals surface area contributed by atoms with Crippen LogP contribution >= 0.6 is 0 Å². The van der Waals surface area contributed by atoms with Gasteiger partial charge in [-0.25, -0.2) is 0 Å². The van der Waals surface area contributed by atoms with Gasteiger partial charge in [0.15, 0.2) is 0 Å². The third-order valence-electron chi connectivity index (χ3n) is 6.82. The molecule has 4 rings (SSSR count). The molecular formula is C23H35N5O2. The van der Waals surface area contributed by atoms with E-state index in [1.54, 1.807) is 0 Å². The average Bonchev–Trinajstić information content (AvgIpc) is 2.74. The molecule has 1 aromatic rings. The van der Waals surface area contributed by atoms with Gasteiger partial charge >= 0.3 is 0 Å². The zero-order chi connectivity index (χ0) is 20.9. The first kappa shape index (κ1) is 21.1. The van der Waals surface area contributed by atoms with Gasteiger partial charge in [-0.05, 0) is 44.0 Å². The third kappa shape index (κ3) is 4.95. The van der Waals surface area contributed by atoms with Gasteiger partial charge in [-0.3, -0.25) is 19.4 Å². The van der Waals surface area contributed by atoms with Crippen molar-refractivity contribution < 1.29 is 9.59 Å². The van der Waals surface area contributed by atoms with E-state index >= 15 is 0 Å². The molecule has 1 aliphatic carbocycles. The van der Waals surface area contributed by atoms with Gasteiger partial charge in [0, 0.05) is 76.2 Å². The Balaban J connectivity index is 1.20. The lowest BCUT2D eigenvalue weighted by Gasteiger charge is -2.43. The maximum atomic E-state index is 12.7. The third-order valence-corrected chi connectivity index (χ3v) is 6.82. The Labute approximate surface area is 180 Å². The average molecular weight is 414 g/mol. The van der Waals surface area contributed by atoms with Crippen LogP contribution in [0.5, 0.6) is 0 Å². The summed E-state index contributed by atoms with van der Waals surface area (Å²) < 4.78 is 0. The Bertz CT molecular complexity index is 718. The van der Waals surface area contributed by atoms with Crippen molar-refractivity contribution >= 4 is 17.5 Å². The lowest BCUT2D eigenvalue weighted by atomic mass is 9.91. The molecule has 1 aromatic carbocycles. The Hall–Kier alpha value is -2.12. The minimum Gasteiger partial charge on any atom is -0.369 e. The second kappa shape index (κ2) is 9.79. The molecule has 0 bridgehead atoms. The fourth-order valence-electron chi connectivity index (χ4n) is 4.63. The smallest absolute Gasteiger partial charge is 0.251 e. The van der Waals surface area contributed by atoms with Gasteiger partial charge in [-0.1, -0.05) is 6.42 Å². The number of nitrogens with one attached hydrogen (secondary N) is 1. The van der Waals surface area contributed by atoms with Crippen LogP contribution < -0.4 is 10.2 Å². The zero-order valence-corrected chi connectivity index (χ0v) is 18.2. The molecule has 7 heteroatoms. The number of hydrogen-bond acceptors (Lipinski definition) is 5. The molecule has 0 atom stereocenters. The summed E-state index contributed by atoms with van der Waals surface area (Å²) >= 11 is 0. The summed E-state index contributed by atoms with van der Waals surface area (Å²) in [5.41, 5.74) is 1.84. The molecular weight excluding hydrogens is 378 g/mol. The molecule has 2 aliphatic heterocycles. The Kier molecular flexibility index (Phi) is 6.89. The highest BCUT2D eigenvalue weighted by atomic mass is 16.2. The van der Waals surface area contributed by atoms with Crippen molar-refractivity contribution in [1.29, 1.82) is 0 Å². The Morgan fingerprint density at radius 3 is 2.17 bits per heavy atom. The lowest BCUT2D eigenvalue weighted by molar-refractivity contribution is -0.134. The van der Waals surface area contributed by atoms with Crippen LogP contribution in [0, 0.1) is 0 Å². The lowest BCUT2D eigenvalue weighted by Crippen LogP contribution is -2.56. The van der Waals surface area contributed by atoms with Gasteiger partial charge in [-0.15, -0.1) is 0 Å². The molecule has 1 N–H and O–H groups in total. The monoisotopic (exact) mass is 413 g/mol. The highest BCUT2D eigenvalue weighted by Gasteiger charge is 2.30. The summed E-state index contributed by atoms with van der Waals surface area (Å²) in [7, 11) is 0. The molecule has 2 saturated heterocycles. The SMILES string of the molecule is CCNC(=O)c1ccc(N2CCN(CC(=O)N3CCN(C4CCC4)CC3)CC2)cc1. The van der Waals surface area contributed by atoms with Crippen molar-refractivity contribution in [2.45, 2.75) is 32.2 Å². The van der Waals surface area contributed by atoms with Gasteiger partial charge in [0.1, 0.15) is 0 Å². The number of amides is 2. The predicted octanol–water partition coefficient (Wildman–Crippen LogP) is 1.26. The standard InChI is InChI=1S/C23H35N5O2/c1-2-24-23(30)19-6-8-21(9-7-19)26-12-10-25(11-13-26)18-22(29)28-16-14-27(15-17-28)20-4-3-5-20/h6-9,20H,2-5,10-18H2,1H3,(H,24,30). The first-order chi connectivity index (χ1) is 14.6. The quantitative estimate of drug-likeness (QED) is 0.761. The molecule has 0 unspecified atom stereocenters. The first-order valence-corrected chi connectivity index (χ1v) is 11.5. The summed E-state index contributed by atoms with van der Waals surface area (Å²) in [6.07, 6.45) is 4.05. The van der Waals surface area contributed by atoms with Gasteiger partial charge in [0.05, 0.1) is 6.54 Å². The Morgan fingerprint density at radius 1 is 0.933 bits per heavy atom. The normalized spacial score (nSPS) is 21.4. The van der Waals surface area contributed by atoms with Crippen LogP contribution in [-0.4, -0.2) is 98.0 Å². The molecule has 7 nitrogen and oxygen atoms in total. The van der Waals surface area contributed by atoms with E-state index in [1.165, 1.54) is 19.3 Å². The van der Waals surface area contributed by atoms with Crippen LogP contribution in [0.15, 0.2) is 24.3 Å². The molecule has 0 radical (unpaired) electrons. The van der Waals surface area contributed by atoms with Crippen molar-refractivity contribution in [3.05, 3.63) is 29.8 Å². The molecule has 3 fully saturated rings. The molecule has 164 valence electrons. The van der Waals surface area contributed by atoms with Crippen LogP contribution in [0.2, 0.25) is 0 Å². The van der Waals surface area contributed by atoms with Gasteiger partial charge in [-0.2, -0.15) is 0 Å². The number of rotatable bonds is 6. The minimum atomic E-state index is -0.0269. The molecule has 2 heterocycles. The minimum absolute atomic E-state index is 0.0269. The van der Waals surface area contributed by atoms with E-state index in [0.29, 0.717) is 18.7 Å². The van der Waals surface area contributed by atoms with E-state index in [-0.39, 0.29) is 11.8 Å². The van der Waals surface area contributed by atoms with Crippen LogP contribution in [0.1, 0.15) is 36.5 Å². The fourth-order valence-corrected chi connectivity index (χ4v) is 4.63. The first-order valence-electron chi connectivity index (χ1n) is 11.5. The highest BCUT2D eigenvalue weighted by molar-refractivity contribution is 5.94. The summed E-state index contributed by atoms with van der Waals surface area (Å²) in [4.78, 5) is 33.9. The van der Waals surface area contributed by atoms with E-state index < -0.39 is 0 Å². The van der Waals surface area contributed by atoms with Crippen LogP contribution in [0.4, 0.5) is 5.69 Å². The maximum absolute atomic E-state index is 12.7. The van der Waals surface area contributed by atoms with E-state index in [2.05, 4.69) is 24.9 Å². The zero-order valence-electron chi connectivity index (χ0n) is 18.2. The summed E-state index contributed by atoms with van der Waals surface area (Å²) in [6, 6.07) is 8.60. The van der Waals surface area contributed by atoms with E-state index in [0.717, 1.165) is 64.1 Å². The number of carbonyl (C=O) groups is 2. The number of hydrogen-bond donors (Lipinski definition) is 1. The van der Waals surface area contributed by atoms with Crippen LogP contribution in [0.25, 0.3) is 0 Å². The number of benzene rings is 1. The second-order valence-corrected chi connectivity index (χ2v) is 8.67. The molecule has 30 heavy (non-hydrogen) atoms. The van der Waals surface area contributed by atoms with Gasteiger partial charge in [0.2, 0.25) is 5.91 Å². The second-order valence-electron chi connectivity index (χ2n) is 8.67. The van der Waals surface area contributed by atoms with Gasteiger partial charge in [0.25, 0.3) is 5.91 Å². The number of nitrogens with zero attached hydrogens (tertiary/aromatic N) is 4. The van der Waals surface area contributed by atoms with Crippen LogP contribution in [0.3, 0.4) is 0 Å². The molecule has 3 aliphatic rings. The van der Waals surface area contributed by atoms with Crippen LogP contribution in [-0.2, 0) is 4.79 Å². The topological polar surface area (TPSA) is 59.1 Å². The summed E-state index contributed by atoms with van der Waals surface area (Å²) in [5, 5.41) is 2.83. The van der Waals surface area contributed by atoms with E-state index in [9.17, 15) is 9.59 Å². The Morgan fingerprint density at radius 2 is 1.60 bits per heavy atom. The molecule has 0 aromatic heterocycles. The van der Waals surface area contributed by atoms with Crippen molar-refractivity contribution in [1.82, 2.24) is 20.0 Å². The molecule has 0 spiro atoms. The van der Waals surface area contributed by atoms with E-state index in [4.69, 9.17) is 0 Å². The van der Waals surface area contributed by atoms with Crippen molar-refractivity contribution in [2.75, 3.05) is 70.3 Å². The molecule has 2 amide bonds.